The number of hydrogen-bond acceptors (Lipinski definition) is 6. The fraction of sp³-hybridized carbons (Fsp3) is 0.0714. The molecule has 9 heteroatoms. The van der Waals surface area contributed by atoms with E-state index in [2.05, 4.69) is 15.3 Å². The number of aromatic nitrogens is 2. The van der Waals surface area contributed by atoms with Crippen LogP contribution in [0.25, 0.3) is 0 Å². The van der Waals surface area contributed by atoms with Crippen molar-refractivity contribution in [1.82, 2.24) is 9.97 Å². The van der Waals surface area contributed by atoms with Crippen molar-refractivity contribution in [2.24, 2.45) is 0 Å². The van der Waals surface area contributed by atoms with Gasteiger partial charge in [-0.1, -0.05) is 11.3 Å². The monoisotopic (exact) mass is 350 g/mol. The van der Waals surface area contributed by atoms with E-state index in [1.54, 1.807) is 18.6 Å². The number of hydrogen-bond donors (Lipinski definition) is 1. The third-order valence-electron chi connectivity index (χ3n) is 2.74. The molecule has 3 rings (SSSR count). The molecule has 23 heavy (non-hydrogen) atoms. The zero-order valence-electron chi connectivity index (χ0n) is 11.9. The third kappa shape index (κ3) is 3.82. The van der Waals surface area contributed by atoms with E-state index in [-0.39, 0.29) is 11.8 Å². The van der Waals surface area contributed by atoms with Gasteiger partial charge in [0.25, 0.3) is 0 Å². The fourth-order valence-electron chi connectivity index (χ4n) is 1.63. The minimum Gasteiger partial charge on any atom is -0.445 e. The molecule has 6 nitrogen and oxygen atoms in total. The molecule has 0 aliphatic rings. The summed E-state index contributed by atoms with van der Waals surface area (Å²) in [4.78, 5) is 21.6. The highest BCUT2D eigenvalue weighted by Gasteiger charge is 2.15. The van der Waals surface area contributed by atoms with Crippen molar-refractivity contribution in [1.29, 1.82) is 0 Å². The van der Waals surface area contributed by atoms with Crippen molar-refractivity contribution in [2.45, 2.75) is 0 Å². The van der Waals surface area contributed by atoms with Gasteiger partial charge >= 0.3 is 6.03 Å². The third-order valence-corrected chi connectivity index (χ3v) is 4.38. The molecule has 1 N–H and O–H groups in total. The van der Waals surface area contributed by atoms with E-state index in [0.29, 0.717) is 21.1 Å². The number of anilines is 2. The van der Waals surface area contributed by atoms with Crippen molar-refractivity contribution in [3.63, 3.8) is 0 Å². The van der Waals surface area contributed by atoms with E-state index in [0.717, 1.165) is 0 Å². The van der Waals surface area contributed by atoms with Crippen molar-refractivity contribution in [3.05, 3.63) is 47.9 Å². The first-order chi connectivity index (χ1) is 11.1. The van der Waals surface area contributed by atoms with Crippen LogP contribution in [0.4, 0.5) is 19.4 Å². The smallest absolute Gasteiger partial charge is 0.329 e. The Hall–Kier alpha value is -2.52. The molecular weight excluding hydrogens is 339 g/mol. The average molecular weight is 350 g/mol. The first-order valence-corrected chi connectivity index (χ1v) is 8.15. The zero-order chi connectivity index (χ0) is 16.2. The number of ether oxygens (including phenoxy) is 1. The molecule has 0 atom stereocenters. The molecule has 0 fully saturated rings. The van der Waals surface area contributed by atoms with Crippen LogP contribution in [0, 0.1) is 5.82 Å². The van der Waals surface area contributed by atoms with Crippen LogP contribution in [0.15, 0.2) is 42.0 Å². The van der Waals surface area contributed by atoms with Gasteiger partial charge in [-0.15, -0.1) is 11.3 Å². The second-order valence-corrected chi connectivity index (χ2v) is 6.21. The number of carbonyl (C=O) groups is 1. The molecule has 0 unspecified atom stereocenters. The summed E-state index contributed by atoms with van der Waals surface area (Å²) < 4.78 is 18.4. The number of nitrogens with one attached hydrogen (secondary N) is 1. The lowest BCUT2D eigenvalue weighted by Gasteiger charge is -2.12. The summed E-state index contributed by atoms with van der Waals surface area (Å²) in [6.07, 6.45) is 3.12. The first-order valence-electron chi connectivity index (χ1n) is 6.45. The summed E-state index contributed by atoms with van der Waals surface area (Å²) >= 11 is 2.53. The Morgan fingerprint density at radius 2 is 2.09 bits per heavy atom. The second kappa shape index (κ2) is 6.71. The molecule has 0 aliphatic heterocycles. The van der Waals surface area contributed by atoms with Crippen LogP contribution in [0.5, 0.6) is 10.8 Å². The Morgan fingerprint density at radius 3 is 2.78 bits per heavy atom. The molecule has 2 heterocycles. The Kier molecular flexibility index (Phi) is 4.49. The highest BCUT2D eigenvalue weighted by atomic mass is 32.1. The van der Waals surface area contributed by atoms with Crippen LogP contribution in [-0.4, -0.2) is 23.0 Å². The van der Waals surface area contributed by atoms with Crippen molar-refractivity contribution < 1.29 is 13.9 Å². The van der Waals surface area contributed by atoms with Gasteiger partial charge in [-0.25, -0.2) is 19.2 Å². The molecule has 0 aliphatic carbocycles. The quantitative estimate of drug-likeness (QED) is 0.766. The van der Waals surface area contributed by atoms with Crippen molar-refractivity contribution >= 4 is 39.0 Å². The molecule has 0 radical (unpaired) electrons. The number of thiazole rings is 2. The summed E-state index contributed by atoms with van der Waals surface area (Å²) in [7, 11) is 1.62. The lowest BCUT2D eigenvalue weighted by molar-refractivity contribution is 0.258. The maximum absolute atomic E-state index is 12.8. The highest BCUT2D eigenvalue weighted by Crippen LogP contribution is 2.30. The van der Waals surface area contributed by atoms with E-state index in [4.69, 9.17) is 4.74 Å². The fourth-order valence-corrected chi connectivity index (χ4v) is 2.91. The van der Waals surface area contributed by atoms with Gasteiger partial charge in [-0.3, -0.25) is 10.2 Å². The molecule has 2 aromatic heterocycles. The second-order valence-electron chi connectivity index (χ2n) is 4.34. The van der Waals surface area contributed by atoms with Gasteiger partial charge < -0.3 is 4.74 Å². The molecule has 1 aromatic carbocycles. The maximum atomic E-state index is 12.8. The minimum absolute atomic E-state index is 0.333. The van der Waals surface area contributed by atoms with Gasteiger partial charge in [0, 0.05) is 18.6 Å². The van der Waals surface area contributed by atoms with Crippen molar-refractivity contribution in [2.75, 3.05) is 17.3 Å². The topological polar surface area (TPSA) is 67.4 Å². The molecule has 0 saturated carbocycles. The Labute approximate surface area is 139 Å². The number of nitrogens with zero attached hydrogens (tertiary/aromatic N) is 3. The lowest BCUT2D eigenvalue weighted by atomic mass is 10.3. The number of rotatable bonds is 4. The predicted molar refractivity (Wildman–Crippen MR) is 88.1 cm³/mol. The summed E-state index contributed by atoms with van der Waals surface area (Å²) in [6.45, 7) is 0. The predicted octanol–water partition coefficient (Wildman–Crippen LogP) is 4.20. The number of carbonyl (C=O) groups excluding carboxylic acids is 1. The van der Waals surface area contributed by atoms with Crippen molar-refractivity contribution in [3.8, 4) is 10.8 Å². The molecule has 0 saturated heterocycles. The number of halogens is 1. The average Bonchev–Trinajstić information content (AvgIpc) is 3.21. The summed E-state index contributed by atoms with van der Waals surface area (Å²) in [5.41, 5.74) is 0. The van der Waals surface area contributed by atoms with E-state index >= 15 is 0 Å². The standard InChI is InChI=1S/C14H11FN4O2S2/c1-19(14-16-6-7-22-14)13(20)18-12-17-8-11(23-12)21-10-4-2-9(15)3-5-10/h2-8H,1H3,(H,17,18,20). The molecule has 118 valence electrons. The van der Waals surface area contributed by atoms with Gasteiger partial charge in [0.05, 0.1) is 6.20 Å². The van der Waals surface area contributed by atoms with E-state index in [9.17, 15) is 9.18 Å². The first kappa shape index (κ1) is 15.4. The Morgan fingerprint density at radius 1 is 1.30 bits per heavy atom. The van der Waals surface area contributed by atoms with Gasteiger partial charge in [0.2, 0.25) is 5.06 Å². The van der Waals surface area contributed by atoms with Crippen LogP contribution >= 0.6 is 22.7 Å². The van der Waals surface area contributed by atoms with Gasteiger partial charge in [0.15, 0.2) is 10.3 Å². The van der Waals surface area contributed by atoms with E-state index in [1.807, 2.05) is 0 Å². The Balaban J connectivity index is 1.63. The molecular formula is C14H11FN4O2S2. The SMILES string of the molecule is CN(C(=O)Nc1ncc(Oc2ccc(F)cc2)s1)c1nccs1. The van der Waals surface area contributed by atoms with Gasteiger partial charge in [0.1, 0.15) is 11.6 Å². The van der Waals surface area contributed by atoms with E-state index < -0.39 is 0 Å². The van der Waals surface area contributed by atoms with Gasteiger partial charge in [-0.2, -0.15) is 0 Å². The molecule has 0 bridgehead atoms. The van der Waals surface area contributed by atoms with Crippen LogP contribution in [0.1, 0.15) is 0 Å². The number of amides is 2. The summed E-state index contributed by atoms with van der Waals surface area (Å²) in [5.74, 6) is 0.160. The molecule has 2 amide bonds. The van der Waals surface area contributed by atoms with Crippen LogP contribution in [0.3, 0.4) is 0 Å². The maximum Gasteiger partial charge on any atom is 0.329 e. The normalized spacial score (nSPS) is 10.3. The van der Waals surface area contributed by atoms with Crippen LogP contribution in [-0.2, 0) is 0 Å². The summed E-state index contributed by atoms with van der Waals surface area (Å²) in [6, 6.07) is 5.31. The van der Waals surface area contributed by atoms with Crippen LogP contribution in [0.2, 0.25) is 0 Å². The van der Waals surface area contributed by atoms with Gasteiger partial charge in [-0.05, 0) is 24.3 Å². The zero-order valence-corrected chi connectivity index (χ0v) is 13.5. The minimum atomic E-state index is -0.345. The molecule has 0 spiro atoms. The van der Waals surface area contributed by atoms with Crippen LogP contribution < -0.4 is 15.0 Å². The summed E-state index contributed by atoms with van der Waals surface area (Å²) in [5, 5.41) is 5.93. The molecule has 3 aromatic rings. The Bertz CT molecular complexity index is 789. The van der Waals surface area contributed by atoms with E-state index in [1.165, 1.54) is 58.0 Å². The largest absolute Gasteiger partial charge is 0.445 e. The highest BCUT2D eigenvalue weighted by molar-refractivity contribution is 7.17. The lowest BCUT2D eigenvalue weighted by Crippen LogP contribution is -2.30. The number of urea groups is 1. The number of benzene rings is 1.